The van der Waals surface area contributed by atoms with E-state index in [0.717, 1.165) is 15.6 Å². The van der Waals surface area contributed by atoms with Crippen LogP contribution in [0, 0.1) is 6.92 Å². The van der Waals surface area contributed by atoms with Gasteiger partial charge < -0.3 is 14.8 Å². The van der Waals surface area contributed by atoms with Crippen molar-refractivity contribution in [2.24, 2.45) is 0 Å². The molecule has 0 spiro atoms. The Morgan fingerprint density at radius 3 is 2.50 bits per heavy atom. The summed E-state index contributed by atoms with van der Waals surface area (Å²) in [5, 5.41) is 2.93. The molecule has 0 fully saturated rings. The minimum atomic E-state index is -4.32. The molecular weight excluding hydrogens is 339 g/mol. The average molecular weight is 356 g/mol. The van der Waals surface area contributed by atoms with E-state index in [4.69, 9.17) is 9.47 Å². The lowest BCUT2D eigenvalue weighted by Crippen LogP contribution is -2.26. The second kappa shape index (κ2) is 7.28. The summed E-state index contributed by atoms with van der Waals surface area (Å²) in [7, 11) is 3.18. The summed E-state index contributed by atoms with van der Waals surface area (Å²) in [5.41, 5.74) is 1.73. The number of ether oxygens (including phenoxy) is 2. The summed E-state index contributed by atoms with van der Waals surface area (Å²) in [6.45, 7) is 0.549. The molecular formula is C13H17BrF3NO2. The first-order valence-corrected chi connectivity index (χ1v) is 6.73. The molecule has 1 aromatic carbocycles. The lowest BCUT2D eigenvalue weighted by atomic mass is 10.0. The molecule has 0 bridgehead atoms. The van der Waals surface area contributed by atoms with Crippen molar-refractivity contribution in [1.82, 2.24) is 5.32 Å². The number of likely N-dealkylation sites (N-methyl/N-ethyl adjacent to an activating group) is 1. The fraction of sp³-hybridized carbons (Fsp3) is 0.538. The Labute approximate surface area is 124 Å². The maximum Gasteiger partial charge on any atom is 0.411 e. The van der Waals surface area contributed by atoms with Gasteiger partial charge in [0.1, 0.15) is 12.4 Å². The van der Waals surface area contributed by atoms with Crippen molar-refractivity contribution in [3.8, 4) is 5.75 Å². The van der Waals surface area contributed by atoms with Gasteiger partial charge in [-0.05, 0) is 31.7 Å². The predicted octanol–water partition coefficient (Wildman–Crippen LogP) is 3.61. The lowest BCUT2D eigenvalue weighted by molar-refractivity contribution is -0.175. The molecule has 3 nitrogen and oxygen atoms in total. The van der Waals surface area contributed by atoms with Crippen molar-refractivity contribution in [3.05, 3.63) is 27.7 Å². The molecule has 0 amide bonds. The Morgan fingerprint density at radius 1 is 1.35 bits per heavy atom. The molecule has 1 aromatic rings. The van der Waals surface area contributed by atoms with Crippen LogP contribution in [0.2, 0.25) is 0 Å². The standard InChI is InChI=1S/C13H17BrF3NO2/c1-8-4-12(19-3)9(5-10(8)14)11(18-2)6-20-7-13(15,16)17/h4-5,11,18H,6-7H2,1-3H3. The van der Waals surface area contributed by atoms with Crippen LogP contribution in [0.4, 0.5) is 13.2 Å². The second-order valence-corrected chi connectivity index (χ2v) is 5.17. The first-order chi connectivity index (χ1) is 9.28. The second-order valence-electron chi connectivity index (χ2n) is 4.31. The van der Waals surface area contributed by atoms with Crippen molar-refractivity contribution >= 4 is 15.9 Å². The molecule has 0 saturated carbocycles. The fourth-order valence-corrected chi connectivity index (χ4v) is 2.10. The summed E-state index contributed by atoms with van der Waals surface area (Å²) < 4.78 is 47.1. The first-order valence-electron chi connectivity index (χ1n) is 5.94. The van der Waals surface area contributed by atoms with E-state index >= 15 is 0 Å². The Hall–Kier alpha value is -0.790. The van der Waals surface area contributed by atoms with Gasteiger partial charge in [-0.2, -0.15) is 13.2 Å². The summed E-state index contributed by atoms with van der Waals surface area (Å²) in [6.07, 6.45) is -4.32. The van der Waals surface area contributed by atoms with E-state index in [1.54, 1.807) is 7.05 Å². The maximum atomic E-state index is 12.1. The lowest BCUT2D eigenvalue weighted by Gasteiger charge is -2.21. The molecule has 1 rings (SSSR count). The van der Waals surface area contributed by atoms with Crippen molar-refractivity contribution in [1.29, 1.82) is 0 Å². The normalized spacial score (nSPS) is 13.3. The Morgan fingerprint density at radius 2 is 2.00 bits per heavy atom. The van der Waals surface area contributed by atoms with Gasteiger partial charge in [0.2, 0.25) is 0 Å². The Balaban J connectivity index is 2.86. The molecule has 0 aromatic heterocycles. The number of alkyl halides is 3. The minimum Gasteiger partial charge on any atom is -0.496 e. The third kappa shape index (κ3) is 4.96. The summed E-state index contributed by atoms with van der Waals surface area (Å²) in [4.78, 5) is 0. The molecule has 1 N–H and O–H groups in total. The van der Waals surface area contributed by atoms with Crippen molar-refractivity contribution in [3.63, 3.8) is 0 Å². The first kappa shape index (κ1) is 17.3. The minimum absolute atomic E-state index is 0.0954. The van der Waals surface area contributed by atoms with Crippen LogP contribution in [0.1, 0.15) is 17.2 Å². The molecule has 20 heavy (non-hydrogen) atoms. The molecule has 0 radical (unpaired) electrons. The smallest absolute Gasteiger partial charge is 0.411 e. The zero-order chi connectivity index (χ0) is 15.3. The van der Waals surface area contributed by atoms with Crippen LogP contribution in [-0.4, -0.2) is 33.5 Å². The number of hydrogen-bond acceptors (Lipinski definition) is 3. The number of methoxy groups -OCH3 is 1. The van der Waals surface area contributed by atoms with E-state index in [1.807, 2.05) is 19.1 Å². The maximum absolute atomic E-state index is 12.1. The SMILES string of the molecule is CNC(COCC(F)(F)F)c1cc(Br)c(C)cc1OC. The Bertz CT molecular complexity index is 452. The van der Waals surface area contributed by atoms with Crippen molar-refractivity contribution in [2.45, 2.75) is 19.1 Å². The fourth-order valence-electron chi connectivity index (χ4n) is 1.74. The number of halogens is 4. The number of benzene rings is 1. The predicted molar refractivity (Wildman–Crippen MR) is 74.1 cm³/mol. The van der Waals surface area contributed by atoms with E-state index in [2.05, 4.69) is 21.2 Å². The van der Waals surface area contributed by atoms with Gasteiger partial charge >= 0.3 is 6.18 Å². The van der Waals surface area contributed by atoms with Crippen molar-refractivity contribution < 1.29 is 22.6 Å². The average Bonchev–Trinajstić information content (AvgIpc) is 2.36. The quantitative estimate of drug-likeness (QED) is 0.845. The molecule has 1 unspecified atom stereocenters. The van der Waals surface area contributed by atoms with Gasteiger partial charge in [-0.25, -0.2) is 0 Å². The van der Waals surface area contributed by atoms with Crippen LogP contribution in [0.3, 0.4) is 0 Å². The van der Waals surface area contributed by atoms with Crippen molar-refractivity contribution in [2.75, 3.05) is 27.4 Å². The van der Waals surface area contributed by atoms with E-state index in [1.165, 1.54) is 7.11 Å². The van der Waals surface area contributed by atoms with Crippen LogP contribution in [0.25, 0.3) is 0 Å². The van der Waals surface area contributed by atoms with Crippen LogP contribution < -0.4 is 10.1 Å². The van der Waals surface area contributed by atoms with E-state index in [-0.39, 0.29) is 12.6 Å². The van der Waals surface area contributed by atoms with Gasteiger partial charge in [0.15, 0.2) is 0 Å². The summed E-state index contributed by atoms with van der Waals surface area (Å²) >= 11 is 3.40. The number of hydrogen-bond donors (Lipinski definition) is 1. The Kier molecular flexibility index (Phi) is 6.29. The molecule has 1 atom stereocenters. The van der Waals surface area contributed by atoms with Gasteiger partial charge in [-0.15, -0.1) is 0 Å². The van der Waals surface area contributed by atoms with Crippen LogP contribution >= 0.6 is 15.9 Å². The highest BCUT2D eigenvalue weighted by molar-refractivity contribution is 9.10. The summed E-state index contributed by atoms with van der Waals surface area (Å²) in [5.74, 6) is 0.612. The topological polar surface area (TPSA) is 30.5 Å². The molecule has 7 heteroatoms. The number of nitrogens with one attached hydrogen (secondary N) is 1. The van der Waals surface area contributed by atoms with E-state index in [9.17, 15) is 13.2 Å². The molecule has 0 saturated heterocycles. The highest BCUT2D eigenvalue weighted by Crippen LogP contribution is 2.31. The number of aryl methyl sites for hydroxylation is 1. The monoisotopic (exact) mass is 355 g/mol. The number of rotatable bonds is 6. The largest absolute Gasteiger partial charge is 0.496 e. The molecule has 0 aliphatic heterocycles. The van der Waals surface area contributed by atoms with Gasteiger partial charge in [0, 0.05) is 10.0 Å². The van der Waals surface area contributed by atoms with Crippen LogP contribution in [-0.2, 0) is 4.74 Å². The van der Waals surface area contributed by atoms with E-state index in [0.29, 0.717) is 5.75 Å². The van der Waals surface area contributed by atoms with E-state index < -0.39 is 12.8 Å². The molecule has 114 valence electrons. The van der Waals surface area contributed by atoms with Gasteiger partial charge in [-0.1, -0.05) is 15.9 Å². The summed E-state index contributed by atoms with van der Waals surface area (Å²) in [6, 6.07) is 3.27. The van der Waals surface area contributed by atoms with Crippen LogP contribution in [0.5, 0.6) is 5.75 Å². The molecule has 0 aliphatic rings. The highest BCUT2D eigenvalue weighted by Gasteiger charge is 2.28. The zero-order valence-electron chi connectivity index (χ0n) is 11.5. The van der Waals surface area contributed by atoms with Crippen LogP contribution in [0.15, 0.2) is 16.6 Å². The zero-order valence-corrected chi connectivity index (χ0v) is 13.1. The molecule has 0 heterocycles. The third-order valence-corrected chi connectivity index (χ3v) is 3.64. The van der Waals surface area contributed by atoms with Gasteiger partial charge in [0.05, 0.1) is 19.8 Å². The third-order valence-electron chi connectivity index (χ3n) is 2.79. The highest BCUT2D eigenvalue weighted by atomic mass is 79.9. The molecule has 0 aliphatic carbocycles. The van der Waals surface area contributed by atoms with Gasteiger partial charge in [-0.3, -0.25) is 0 Å². The van der Waals surface area contributed by atoms with Gasteiger partial charge in [0.25, 0.3) is 0 Å².